The first-order valence-electron chi connectivity index (χ1n) is 6.61. The highest BCUT2D eigenvalue weighted by atomic mass is 35.5. The molecule has 1 atom stereocenters. The van der Waals surface area contributed by atoms with Gasteiger partial charge in [-0.3, -0.25) is 4.79 Å². The maximum atomic E-state index is 13.2. The van der Waals surface area contributed by atoms with Gasteiger partial charge in [0.2, 0.25) is 0 Å². The second-order valence-corrected chi connectivity index (χ2v) is 5.46. The van der Waals surface area contributed by atoms with Gasteiger partial charge >= 0.3 is 0 Å². The molecular weight excluding hydrogens is 293 g/mol. The van der Waals surface area contributed by atoms with E-state index in [0.29, 0.717) is 5.02 Å². The van der Waals surface area contributed by atoms with Crippen molar-refractivity contribution >= 4 is 17.5 Å². The third-order valence-electron chi connectivity index (χ3n) is 3.70. The summed E-state index contributed by atoms with van der Waals surface area (Å²) in [6, 6.07) is 9.08. The van der Waals surface area contributed by atoms with Gasteiger partial charge in [0.25, 0.3) is 5.91 Å². The van der Waals surface area contributed by atoms with E-state index < -0.39 is 17.5 Å². The highest BCUT2D eigenvalue weighted by molar-refractivity contribution is 6.30. The number of para-hydroxylation sites is 1. The fraction of sp³-hybridized carbons (Fsp3) is 0.188. The van der Waals surface area contributed by atoms with Gasteiger partial charge < -0.3 is 10.4 Å². The standard InChI is InChI=1S/C16H13ClFNO2/c17-10-5-6-11-9(8-10)4-7-14(11)19-16(21)12-2-1-3-13(18)15(12)20/h1-3,5-6,8,14,20H,4,7H2,(H,19,21)/p-1. The van der Waals surface area contributed by atoms with Crippen LogP contribution in [0.5, 0.6) is 5.75 Å². The fourth-order valence-electron chi connectivity index (χ4n) is 2.66. The maximum Gasteiger partial charge on any atom is 0.251 e. The molecule has 108 valence electrons. The molecule has 1 aliphatic rings. The smallest absolute Gasteiger partial charge is 0.251 e. The van der Waals surface area contributed by atoms with Crippen LogP contribution in [-0.4, -0.2) is 5.91 Å². The first-order valence-corrected chi connectivity index (χ1v) is 6.99. The van der Waals surface area contributed by atoms with Crippen LogP contribution in [-0.2, 0) is 6.42 Å². The summed E-state index contributed by atoms with van der Waals surface area (Å²) in [6.45, 7) is 0. The Morgan fingerprint density at radius 3 is 2.95 bits per heavy atom. The zero-order chi connectivity index (χ0) is 15.0. The van der Waals surface area contributed by atoms with Gasteiger partial charge in [0.15, 0.2) is 0 Å². The number of carbonyl (C=O) groups excluding carboxylic acids is 1. The summed E-state index contributed by atoms with van der Waals surface area (Å²) >= 11 is 5.94. The first-order chi connectivity index (χ1) is 10.1. The van der Waals surface area contributed by atoms with Crippen molar-refractivity contribution in [3.8, 4) is 5.75 Å². The molecule has 2 aromatic rings. The summed E-state index contributed by atoms with van der Waals surface area (Å²) in [5, 5.41) is 15.1. The van der Waals surface area contributed by atoms with Crippen LogP contribution in [0.15, 0.2) is 36.4 Å². The molecule has 0 aromatic heterocycles. The third kappa shape index (κ3) is 2.59. The summed E-state index contributed by atoms with van der Waals surface area (Å²) in [7, 11) is 0. The van der Waals surface area contributed by atoms with Gasteiger partial charge in [-0.2, -0.15) is 0 Å². The molecule has 1 N–H and O–H groups in total. The summed E-state index contributed by atoms with van der Waals surface area (Å²) in [4.78, 5) is 12.1. The Bertz CT molecular complexity index is 717. The van der Waals surface area contributed by atoms with Crippen LogP contribution in [0.1, 0.15) is 33.9 Å². The number of hydrogen-bond acceptors (Lipinski definition) is 2. The number of halogens is 2. The topological polar surface area (TPSA) is 52.2 Å². The minimum Gasteiger partial charge on any atom is -0.870 e. The maximum absolute atomic E-state index is 13.2. The molecule has 3 nitrogen and oxygen atoms in total. The summed E-state index contributed by atoms with van der Waals surface area (Å²) in [5.41, 5.74) is 1.92. The van der Waals surface area contributed by atoms with Crippen LogP contribution in [0.4, 0.5) is 4.39 Å². The SMILES string of the molecule is O=C(NC1CCc2cc(Cl)ccc21)c1cccc(F)c1[O-]. The Kier molecular flexibility index (Phi) is 3.55. The predicted octanol–water partition coefficient (Wildman–Crippen LogP) is 2.97. The molecule has 0 saturated carbocycles. The lowest BCUT2D eigenvalue weighted by atomic mass is 10.1. The van der Waals surface area contributed by atoms with Crippen LogP contribution in [0.2, 0.25) is 5.02 Å². The van der Waals surface area contributed by atoms with Crippen molar-refractivity contribution in [2.75, 3.05) is 0 Å². The van der Waals surface area contributed by atoms with Gasteiger partial charge in [-0.05, 0) is 48.2 Å². The van der Waals surface area contributed by atoms with Crippen molar-refractivity contribution in [2.24, 2.45) is 0 Å². The second-order valence-electron chi connectivity index (χ2n) is 5.02. The molecule has 0 bridgehead atoms. The van der Waals surface area contributed by atoms with Crippen LogP contribution in [0, 0.1) is 5.82 Å². The molecule has 1 amide bonds. The van der Waals surface area contributed by atoms with E-state index in [1.165, 1.54) is 12.1 Å². The number of carbonyl (C=O) groups is 1. The van der Waals surface area contributed by atoms with Crippen LogP contribution in [0.3, 0.4) is 0 Å². The highest BCUT2D eigenvalue weighted by Crippen LogP contribution is 2.33. The van der Waals surface area contributed by atoms with Crippen LogP contribution in [0.25, 0.3) is 0 Å². The summed E-state index contributed by atoms with van der Waals surface area (Å²) < 4.78 is 13.2. The number of hydrogen-bond donors (Lipinski definition) is 1. The van der Waals surface area contributed by atoms with Crippen LogP contribution >= 0.6 is 11.6 Å². The minimum absolute atomic E-state index is 0.169. The Hall–Kier alpha value is -2.07. The van der Waals surface area contributed by atoms with E-state index in [0.717, 1.165) is 30.0 Å². The molecule has 0 aliphatic heterocycles. The molecule has 5 heteroatoms. The molecule has 0 heterocycles. The van der Waals surface area contributed by atoms with Gasteiger partial charge in [-0.25, -0.2) is 4.39 Å². The van der Waals surface area contributed by atoms with Crippen LogP contribution < -0.4 is 10.4 Å². The quantitative estimate of drug-likeness (QED) is 0.927. The lowest BCUT2D eigenvalue weighted by Gasteiger charge is -2.18. The van der Waals surface area contributed by atoms with Crippen molar-refractivity contribution in [2.45, 2.75) is 18.9 Å². The zero-order valence-corrected chi connectivity index (χ0v) is 11.8. The molecule has 2 aromatic carbocycles. The summed E-state index contributed by atoms with van der Waals surface area (Å²) in [5.74, 6) is -2.34. The Balaban J connectivity index is 1.83. The molecule has 0 saturated heterocycles. The van der Waals surface area contributed by atoms with E-state index in [-0.39, 0.29) is 11.6 Å². The Morgan fingerprint density at radius 1 is 1.33 bits per heavy atom. The molecular formula is C16H12ClFNO2-. The van der Waals surface area contributed by atoms with Crippen molar-refractivity contribution in [3.63, 3.8) is 0 Å². The number of benzene rings is 2. The summed E-state index contributed by atoms with van der Waals surface area (Å²) in [6.07, 6.45) is 1.55. The fourth-order valence-corrected chi connectivity index (χ4v) is 2.85. The highest BCUT2D eigenvalue weighted by Gasteiger charge is 2.24. The molecule has 21 heavy (non-hydrogen) atoms. The van der Waals surface area contributed by atoms with Crippen molar-refractivity contribution < 1.29 is 14.3 Å². The van der Waals surface area contributed by atoms with Gasteiger partial charge in [0.05, 0.1) is 6.04 Å². The number of fused-ring (bicyclic) bond motifs is 1. The largest absolute Gasteiger partial charge is 0.870 e. The molecule has 0 fully saturated rings. The van der Waals surface area contributed by atoms with Crippen molar-refractivity contribution in [3.05, 3.63) is 63.9 Å². The number of nitrogens with one attached hydrogen (secondary N) is 1. The van der Waals surface area contributed by atoms with E-state index in [9.17, 15) is 14.3 Å². The second kappa shape index (κ2) is 5.37. The average Bonchev–Trinajstić information content (AvgIpc) is 2.84. The van der Waals surface area contributed by atoms with Gasteiger partial charge in [-0.1, -0.05) is 29.5 Å². The van der Waals surface area contributed by atoms with E-state index in [1.807, 2.05) is 12.1 Å². The monoisotopic (exact) mass is 304 g/mol. The molecule has 0 radical (unpaired) electrons. The van der Waals surface area contributed by atoms with Gasteiger partial charge in [0.1, 0.15) is 5.82 Å². The Labute approximate surface area is 126 Å². The first kappa shape index (κ1) is 13.9. The normalized spacial score (nSPS) is 16.6. The van der Waals surface area contributed by atoms with E-state index in [2.05, 4.69) is 5.32 Å². The van der Waals surface area contributed by atoms with Crippen molar-refractivity contribution in [1.29, 1.82) is 0 Å². The number of aryl methyl sites for hydroxylation is 1. The minimum atomic E-state index is -0.916. The lowest BCUT2D eigenvalue weighted by Crippen LogP contribution is -2.28. The van der Waals surface area contributed by atoms with E-state index in [4.69, 9.17) is 11.6 Å². The predicted molar refractivity (Wildman–Crippen MR) is 75.8 cm³/mol. The molecule has 1 unspecified atom stereocenters. The lowest BCUT2D eigenvalue weighted by molar-refractivity contribution is -0.272. The molecule has 3 rings (SSSR count). The van der Waals surface area contributed by atoms with E-state index in [1.54, 1.807) is 6.07 Å². The molecule has 1 aliphatic carbocycles. The zero-order valence-electron chi connectivity index (χ0n) is 11.0. The van der Waals surface area contributed by atoms with Gasteiger partial charge in [0, 0.05) is 10.6 Å². The average molecular weight is 305 g/mol. The van der Waals surface area contributed by atoms with E-state index >= 15 is 0 Å². The third-order valence-corrected chi connectivity index (χ3v) is 3.93. The Morgan fingerprint density at radius 2 is 2.14 bits per heavy atom. The van der Waals surface area contributed by atoms with Crippen molar-refractivity contribution in [1.82, 2.24) is 5.32 Å². The van der Waals surface area contributed by atoms with Gasteiger partial charge in [-0.15, -0.1) is 0 Å². The molecule has 0 spiro atoms. The number of rotatable bonds is 2. The number of amides is 1.